The van der Waals surface area contributed by atoms with Gasteiger partial charge in [0.25, 0.3) is 0 Å². The van der Waals surface area contributed by atoms with Gasteiger partial charge in [0.2, 0.25) is 5.91 Å². The van der Waals surface area contributed by atoms with E-state index in [9.17, 15) is 9.59 Å². The second-order valence-corrected chi connectivity index (χ2v) is 4.71. The van der Waals surface area contributed by atoms with E-state index in [1.807, 2.05) is 4.90 Å². The molecular weight excluding hydrogens is 276 g/mol. The summed E-state index contributed by atoms with van der Waals surface area (Å²) in [5.74, 6) is -0.788. The number of aromatic carboxylic acids is 1. The van der Waals surface area contributed by atoms with E-state index >= 15 is 0 Å². The van der Waals surface area contributed by atoms with Crippen molar-refractivity contribution in [3.63, 3.8) is 0 Å². The predicted molar refractivity (Wildman–Crippen MR) is 74.3 cm³/mol. The van der Waals surface area contributed by atoms with Gasteiger partial charge in [-0.1, -0.05) is 0 Å². The zero-order valence-corrected chi connectivity index (χ0v) is 11.5. The van der Waals surface area contributed by atoms with E-state index in [4.69, 9.17) is 20.3 Å². The van der Waals surface area contributed by atoms with Gasteiger partial charge in [-0.2, -0.15) is 0 Å². The molecule has 1 aromatic carbocycles. The average Bonchev–Trinajstić information content (AvgIpc) is 2.48. The van der Waals surface area contributed by atoms with Crippen LogP contribution in [0.1, 0.15) is 10.4 Å². The Morgan fingerprint density at radius 2 is 2.10 bits per heavy atom. The molecule has 1 amide bonds. The number of hydrogen-bond donors (Lipinski definition) is 2. The Labute approximate surface area is 122 Å². The van der Waals surface area contributed by atoms with Crippen molar-refractivity contribution in [2.75, 3.05) is 32.9 Å². The molecule has 21 heavy (non-hydrogen) atoms. The first-order valence-corrected chi connectivity index (χ1v) is 6.65. The normalized spacial score (nSPS) is 19.1. The van der Waals surface area contributed by atoms with Crippen molar-refractivity contribution >= 4 is 11.9 Å². The summed E-state index contributed by atoms with van der Waals surface area (Å²) in [6, 6.07) is 5.76. The van der Waals surface area contributed by atoms with Gasteiger partial charge in [-0.15, -0.1) is 0 Å². The van der Waals surface area contributed by atoms with E-state index in [0.29, 0.717) is 38.7 Å². The molecule has 0 radical (unpaired) electrons. The average molecular weight is 294 g/mol. The van der Waals surface area contributed by atoms with Crippen LogP contribution in [0.4, 0.5) is 0 Å². The number of nitrogens with zero attached hydrogens (tertiary/aromatic N) is 1. The second kappa shape index (κ2) is 7.05. The lowest BCUT2D eigenvalue weighted by molar-refractivity contribution is -0.129. The summed E-state index contributed by atoms with van der Waals surface area (Å²) in [5.41, 5.74) is 5.54. The summed E-state index contributed by atoms with van der Waals surface area (Å²) in [4.78, 5) is 24.0. The lowest BCUT2D eigenvalue weighted by Gasteiger charge is -2.33. The third-order valence-electron chi connectivity index (χ3n) is 3.32. The smallest absolute Gasteiger partial charge is 0.335 e. The second-order valence-electron chi connectivity index (χ2n) is 4.71. The highest BCUT2D eigenvalue weighted by Crippen LogP contribution is 2.13. The Kier molecular flexibility index (Phi) is 5.13. The SMILES string of the molecule is NC(=O)C1COCCN1CCOc1ccc(C(=O)O)cc1. The Bertz CT molecular complexity index is 503. The molecular formula is C14H18N2O5. The lowest BCUT2D eigenvalue weighted by atomic mass is 10.2. The van der Waals surface area contributed by atoms with Crippen LogP contribution in [-0.2, 0) is 9.53 Å². The summed E-state index contributed by atoms with van der Waals surface area (Å²) in [6.07, 6.45) is 0. The zero-order valence-electron chi connectivity index (χ0n) is 11.5. The molecule has 7 heteroatoms. The topological polar surface area (TPSA) is 102 Å². The van der Waals surface area contributed by atoms with Gasteiger partial charge in [-0.25, -0.2) is 4.79 Å². The number of carbonyl (C=O) groups is 2. The van der Waals surface area contributed by atoms with Gasteiger partial charge in [0.05, 0.1) is 18.8 Å². The minimum absolute atomic E-state index is 0.212. The molecule has 7 nitrogen and oxygen atoms in total. The highest BCUT2D eigenvalue weighted by molar-refractivity contribution is 5.87. The van der Waals surface area contributed by atoms with E-state index in [0.717, 1.165) is 0 Å². The van der Waals surface area contributed by atoms with Crippen LogP contribution in [-0.4, -0.2) is 60.8 Å². The number of amides is 1. The third-order valence-corrected chi connectivity index (χ3v) is 3.32. The quantitative estimate of drug-likeness (QED) is 0.762. The number of nitrogens with two attached hydrogens (primary N) is 1. The molecule has 1 aliphatic heterocycles. The number of primary amides is 1. The van der Waals surface area contributed by atoms with Crippen LogP contribution in [0.5, 0.6) is 5.75 Å². The monoisotopic (exact) mass is 294 g/mol. The molecule has 1 unspecified atom stereocenters. The van der Waals surface area contributed by atoms with E-state index in [-0.39, 0.29) is 5.56 Å². The molecule has 1 atom stereocenters. The molecule has 1 saturated heterocycles. The summed E-state index contributed by atoms with van der Waals surface area (Å²) < 4.78 is 10.8. The molecule has 2 rings (SSSR count). The van der Waals surface area contributed by atoms with Crippen LogP contribution in [0.3, 0.4) is 0 Å². The molecule has 1 heterocycles. The van der Waals surface area contributed by atoms with Crippen LogP contribution >= 0.6 is 0 Å². The first-order valence-electron chi connectivity index (χ1n) is 6.65. The van der Waals surface area contributed by atoms with Crippen LogP contribution in [0.25, 0.3) is 0 Å². The van der Waals surface area contributed by atoms with Gasteiger partial charge < -0.3 is 20.3 Å². The van der Waals surface area contributed by atoms with Crippen molar-refractivity contribution in [3.8, 4) is 5.75 Å². The van der Waals surface area contributed by atoms with Crippen molar-refractivity contribution < 1.29 is 24.2 Å². The van der Waals surface area contributed by atoms with E-state index in [2.05, 4.69) is 0 Å². The zero-order chi connectivity index (χ0) is 15.2. The van der Waals surface area contributed by atoms with Crippen molar-refractivity contribution in [3.05, 3.63) is 29.8 Å². The van der Waals surface area contributed by atoms with Gasteiger partial charge in [0, 0.05) is 13.1 Å². The van der Waals surface area contributed by atoms with E-state index in [1.54, 1.807) is 12.1 Å². The van der Waals surface area contributed by atoms with Crippen molar-refractivity contribution in [2.24, 2.45) is 5.73 Å². The maximum atomic E-state index is 11.3. The Morgan fingerprint density at radius 1 is 1.38 bits per heavy atom. The highest BCUT2D eigenvalue weighted by Gasteiger charge is 2.27. The minimum atomic E-state index is -0.973. The van der Waals surface area contributed by atoms with Gasteiger partial charge in [-0.3, -0.25) is 9.69 Å². The molecule has 1 aliphatic rings. The Balaban J connectivity index is 1.82. The van der Waals surface area contributed by atoms with Gasteiger partial charge >= 0.3 is 5.97 Å². The predicted octanol–water partition coefficient (Wildman–Crippen LogP) is -0.0503. The number of carbonyl (C=O) groups excluding carboxylic acids is 1. The summed E-state index contributed by atoms with van der Waals surface area (Å²) in [5, 5.41) is 8.80. The number of ether oxygens (including phenoxy) is 2. The van der Waals surface area contributed by atoms with E-state index in [1.165, 1.54) is 12.1 Å². The molecule has 3 N–H and O–H groups in total. The maximum Gasteiger partial charge on any atom is 0.335 e. The number of rotatable bonds is 6. The molecule has 114 valence electrons. The minimum Gasteiger partial charge on any atom is -0.492 e. The Morgan fingerprint density at radius 3 is 2.71 bits per heavy atom. The fraction of sp³-hybridized carbons (Fsp3) is 0.429. The summed E-state index contributed by atoms with van der Waals surface area (Å²) in [6.45, 7) is 2.45. The van der Waals surface area contributed by atoms with Crippen molar-refractivity contribution in [1.29, 1.82) is 0 Å². The van der Waals surface area contributed by atoms with E-state index < -0.39 is 17.9 Å². The fourth-order valence-electron chi connectivity index (χ4n) is 2.14. The molecule has 1 aromatic rings. The van der Waals surface area contributed by atoms with Crippen molar-refractivity contribution in [1.82, 2.24) is 4.90 Å². The molecule has 0 aliphatic carbocycles. The van der Waals surface area contributed by atoms with Crippen LogP contribution in [0, 0.1) is 0 Å². The molecule has 0 bridgehead atoms. The van der Waals surface area contributed by atoms with Crippen LogP contribution < -0.4 is 10.5 Å². The first-order chi connectivity index (χ1) is 10.1. The number of hydrogen-bond acceptors (Lipinski definition) is 5. The summed E-state index contributed by atoms with van der Waals surface area (Å²) >= 11 is 0. The maximum absolute atomic E-state index is 11.3. The van der Waals surface area contributed by atoms with Gasteiger partial charge in [-0.05, 0) is 24.3 Å². The molecule has 0 saturated carbocycles. The molecule has 1 fully saturated rings. The lowest BCUT2D eigenvalue weighted by Crippen LogP contribution is -2.53. The largest absolute Gasteiger partial charge is 0.492 e. The highest BCUT2D eigenvalue weighted by atomic mass is 16.5. The van der Waals surface area contributed by atoms with Crippen LogP contribution in [0.15, 0.2) is 24.3 Å². The van der Waals surface area contributed by atoms with Crippen LogP contribution in [0.2, 0.25) is 0 Å². The number of carboxylic acids is 1. The van der Waals surface area contributed by atoms with Gasteiger partial charge in [0.15, 0.2) is 0 Å². The standard InChI is InChI=1S/C14H18N2O5/c15-13(17)12-9-20-7-5-16(12)6-8-21-11-3-1-10(2-4-11)14(18)19/h1-4,12H,5-9H2,(H2,15,17)(H,18,19). The van der Waals surface area contributed by atoms with Crippen molar-refractivity contribution in [2.45, 2.75) is 6.04 Å². The number of carboxylic acid groups (broad SMARTS) is 1. The molecule has 0 spiro atoms. The summed E-state index contributed by atoms with van der Waals surface area (Å²) in [7, 11) is 0. The Hall–Kier alpha value is -2.12. The fourth-order valence-corrected chi connectivity index (χ4v) is 2.14. The third kappa shape index (κ3) is 4.17. The van der Waals surface area contributed by atoms with Gasteiger partial charge in [0.1, 0.15) is 18.4 Å². The molecule has 0 aromatic heterocycles. The number of benzene rings is 1. The first kappa shape index (κ1) is 15.3. The number of morpholine rings is 1.